The molecular weight excluding hydrogens is 686 g/mol. The molecule has 4 rings (SSSR count). The highest BCUT2D eigenvalue weighted by Crippen LogP contribution is 2.83. The van der Waals surface area contributed by atoms with Crippen molar-refractivity contribution in [3.8, 4) is 0 Å². The molecule has 0 aromatic rings. The van der Waals surface area contributed by atoms with Gasteiger partial charge in [-0.15, -0.1) is 0 Å². The maximum atomic E-state index is 14.2. The molecule has 0 atom stereocenters. The highest BCUT2D eigenvalue weighted by atomic mass is 19.4. The number of ether oxygens (including phenoxy) is 1. The van der Waals surface area contributed by atoms with E-state index in [1.54, 1.807) is 0 Å². The number of carbonyl (C=O) groups excluding carboxylic acids is 1. The summed E-state index contributed by atoms with van der Waals surface area (Å²) >= 11 is 0. The highest BCUT2D eigenvalue weighted by Gasteiger charge is 2.95. The second-order valence-electron chi connectivity index (χ2n) is 11.8. The Labute approximate surface area is 237 Å². The lowest BCUT2D eigenvalue weighted by molar-refractivity contribution is -0.488. The summed E-state index contributed by atoms with van der Waals surface area (Å²) in [6, 6.07) is 0. The standard InChI is InChI=1S/C22H18F18O5/c1-2-9(41)45-13-6-10(14(42,17(23,24)25)18(26,27)28)3-11(7-13,15(43,19(29,30)31)20(32,33)34)5-12(4-10,8-13)16(44,21(35,36)37)22(38,39)40/h2,42-44H,1,3-8H2. The summed E-state index contributed by atoms with van der Waals surface area (Å²) in [6.45, 7) is 2.69. The minimum Gasteiger partial charge on any atom is -0.456 e. The first kappa shape index (κ1) is 37.3. The van der Waals surface area contributed by atoms with Crippen molar-refractivity contribution in [3.63, 3.8) is 0 Å². The second-order valence-corrected chi connectivity index (χ2v) is 11.8. The van der Waals surface area contributed by atoms with Crippen molar-refractivity contribution < 1.29 is 104 Å². The molecule has 4 aliphatic rings. The molecule has 0 saturated heterocycles. The zero-order valence-electron chi connectivity index (χ0n) is 21.5. The largest absolute Gasteiger partial charge is 0.456 e. The molecule has 23 heteroatoms. The predicted octanol–water partition coefficient (Wildman–Crippen LogP) is 6.36. The summed E-state index contributed by atoms with van der Waals surface area (Å²) in [5, 5.41) is 31.0. The molecule has 4 bridgehead atoms. The Bertz CT molecular complexity index is 1040. The van der Waals surface area contributed by atoms with Crippen molar-refractivity contribution in [2.24, 2.45) is 16.2 Å². The summed E-state index contributed by atoms with van der Waals surface area (Å²) in [4.78, 5) is 12.1. The van der Waals surface area contributed by atoms with E-state index >= 15 is 0 Å². The molecule has 4 aliphatic carbocycles. The molecule has 4 fully saturated rings. The van der Waals surface area contributed by atoms with E-state index in [0.29, 0.717) is 0 Å². The fourth-order valence-electron chi connectivity index (χ4n) is 8.34. The first-order valence-corrected chi connectivity index (χ1v) is 11.9. The van der Waals surface area contributed by atoms with Crippen LogP contribution >= 0.6 is 0 Å². The van der Waals surface area contributed by atoms with Crippen molar-refractivity contribution in [2.45, 2.75) is 98.0 Å². The maximum Gasteiger partial charge on any atom is 0.426 e. The molecule has 262 valence electrons. The average Bonchev–Trinajstić information content (AvgIpc) is 2.76. The van der Waals surface area contributed by atoms with Gasteiger partial charge in [-0.3, -0.25) is 0 Å². The van der Waals surface area contributed by atoms with Crippen LogP contribution in [-0.2, 0) is 9.53 Å². The van der Waals surface area contributed by atoms with E-state index in [2.05, 4.69) is 11.3 Å². The SMILES string of the molecule is C=CC(=O)OC12CC3(C(O)(C(F)(F)F)C(F)(F)F)CC(C(O)(C(F)(F)F)C(F)(F)F)(C1)CC(C(O)(C(F)(F)F)C(F)(F)F)(C2)C3. The third kappa shape index (κ3) is 4.47. The van der Waals surface area contributed by atoms with Crippen molar-refractivity contribution >= 4 is 5.97 Å². The molecule has 0 spiro atoms. The highest BCUT2D eigenvalue weighted by molar-refractivity contribution is 5.81. The Morgan fingerprint density at radius 3 is 0.844 bits per heavy atom. The van der Waals surface area contributed by atoms with Gasteiger partial charge in [0.25, 0.3) is 16.8 Å². The van der Waals surface area contributed by atoms with Gasteiger partial charge in [0.2, 0.25) is 0 Å². The van der Waals surface area contributed by atoms with Gasteiger partial charge in [-0.05, 0) is 38.5 Å². The van der Waals surface area contributed by atoms with E-state index in [-0.39, 0.29) is 6.08 Å². The molecule has 0 aliphatic heterocycles. The lowest BCUT2D eigenvalue weighted by Gasteiger charge is -2.75. The Morgan fingerprint density at radius 2 is 0.689 bits per heavy atom. The van der Waals surface area contributed by atoms with Crippen molar-refractivity contribution in [1.29, 1.82) is 0 Å². The topological polar surface area (TPSA) is 87.0 Å². The van der Waals surface area contributed by atoms with Crippen LogP contribution in [0.4, 0.5) is 79.0 Å². The molecule has 0 radical (unpaired) electrons. The smallest absolute Gasteiger partial charge is 0.426 e. The number of hydrogen-bond donors (Lipinski definition) is 3. The number of esters is 1. The number of aliphatic hydroxyl groups is 3. The third-order valence-electron chi connectivity index (χ3n) is 9.26. The van der Waals surface area contributed by atoms with Crippen molar-refractivity contribution in [1.82, 2.24) is 0 Å². The van der Waals surface area contributed by atoms with Crippen LogP contribution in [0.15, 0.2) is 12.7 Å². The van der Waals surface area contributed by atoms with Gasteiger partial charge in [0, 0.05) is 22.3 Å². The molecule has 0 aromatic heterocycles. The van der Waals surface area contributed by atoms with Crippen LogP contribution < -0.4 is 0 Å². The molecule has 3 N–H and O–H groups in total. The second kappa shape index (κ2) is 9.25. The fourth-order valence-corrected chi connectivity index (χ4v) is 8.34. The Hall–Kier alpha value is -2.17. The molecule has 45 heavy (non-hydrogen) atoms. The Kier molecular flexibility index (Phi) is 7.66. The van der Waals surface area contributed by atoms with Gasteiger partial charge in [-0.25, -0.2) is 4.79 Å². The van der Waals surface area contributed by atoms with Gasteiger partial charge >= 0.3 is 43.0 Å². The number of carbonyl (C=O) groups is 1. The van der Waals surface area contributed by atoms with Crippen LogP contribution in [0.2, 0.25) is 0 Å². The van der Waals surface area contributed by atoms with E-state index in [9.17, 15) is 99.1 Å². The minimum absolute atomic E-state index is 0.0935. The summed E-state index contributed by atoms with van der Waals surface area (Å²) in [6.07, 6.45) is -60.5. The summed E-state index contributed by atoms with van der Waals surface area (Å²) in [5.74, 6) is -2.18. The molecule has 4 saturated carbocycles. The number of hydrogen-bond acceptors (Lipinski definition) is 5. The summed E-state index contributed by atoms with van der Waals surface area (Å²) < 4.78 is 261. The minimum atomic E-state index is -7.33. The Morgan fingerprint density at radius 1 is 0.489 bits per heavy atom. The maximum absolute atomic E-state index is 14.2. The molecule has 0 heterocycles. The van der Waals surface area contributed by atoms with Gasteiger partial charge in [0.1, 0.15) is 5.60 Å². The van der Waals surface area contributed by atoms with E-state index in [4.69, 9.17) is 0 Å². The zero-order valence-corrected chi connectivity index (χ0v) is 21.5. The molecule has 0 unspecified atom stereocenters. The van der Waals surface area contributed by atoms with Crippen molar-refractivity contribution in [3.05, 3.63) is 12.7 Å². The van der Waals surface area contributed by atoms with Gasteiger partial charge in [0.05, 0.1) is 0 Å². The van der Waals surface area contributed by atoms with E-state index in [1.165, 1.54) is 0 Å². The number of alkyl halides is 18. The molecule has 5 nitrogen and oxygen atoms in total. The normalized spacial score (nSPS) is 32.1. The van der Waals surface area contributed by atoms with Crippen LogP contribution in [-0.4, -0.2) is 80.8 Å². The van der Waals surface area contributed by atoms with Gasteiger partial charge < -0.3 is 20.1 Å². The molecular formula is C22H18F18O5. The first-order valence-electron chi connectivity index (χ1n) is 11.9. The average molecular weight is 704 g/mol. The monoisotopic (exact) mass is 704 g/mol. The molecule has 0 aromatic carbocycles. The van der Waals surface area contributed by atoms with Crippen LogP contribution in [0.1, 0.15) is 38.5 Å². The first-order chi connectivity index (χ1) is 19.4. The van der Waals surface area contributed by atoms with Crippen molar-refractivity contribution in [2.75, 3.05) is 0 Å². The Balaban J connectivity index is 2.73. The van der Waals surface area contributed by atoms with Gasteiger partial charge in [-0.1, -0.05) is 6.58 Å². The predicted molar refractivity (Wildman–Crippen MR) is 105 cm³/mol. The van der Waals surface area contributed by atoms with E-state index in [0.717, 1.165) is 0 Å². The van der Waals surface area contributed by atoms with Crippen LogP contribution in [0.5, 0.6) is 0 Å². The third-order valence-corrected chi connectivity index (χ3v) is 9.26. The fraction of sp³-hybridized carbons (Fsp3) is 0.864. The van der Waals surface area contributed by atoms with E-state index in [1.807, 2.05) is 0 Å². The van der Waals surface area contributed by atoms with Gasteiger partial charge in [0.15, 0.2) is 0 Å². The lowest BCUT2D eigenvalue weighted by Crippen LogP contribution is -2.85. The van der Waals surface area contributed by atoms with E-state index < -0.39 is 120 Å². The number of halogens is 18. The molecule has 0 amide bonds. The quantitative estimate of drug-likeness (QED) is 0.176. The summed E-state index contributed by atoms with van der Waals surface area (Å²) in [5.41, 5.74) is -39.3. The van der Waals surface area contributed by atoms with Crippen LogP contribution in [0, 0.1) is 16.2 Å². The van der Waals surface area contributed by atoms with Gasteiger partial charge in [-0.2, -0.15) is 79.0 Å². The number of rotatable bonds is 5. The summed E-state index contributed by atoms with van der Waals surface area (Å²) in [7, 11) is 0. The van der Waals surface area contributed by atoms with Crippen LogP contribution in [0.25, 0.3) is 0 Å². The lowest BCUT2D eigenvalue weighted by atomic mass is 9.30. The van der Waals surface area contributed by atoms with Crippen LogP contribution in [0.3, 0.4) is 0 Å². The zero-order chi connectivity index (χ0) is 35.7.